The lowest BCUT2D eigenvalue weighted by atomic mass is 10.0. The maximum Gasteiger partial charge on any atom is 0.416 e. The molecule has 1 atom stereocenters. The summed E-state index contributed by atoms with van der Waals surface area (Å²) in [4.78, 5) is 12.3. The van der Waals surface area contributed by atoms with Gasteiger partial charge in [0.2, 0.25) is 5.91 Å². The molecule has 23 heavy (non-hydrogen) atoms. The second-order valence-electron chi connectivity index (χ2n) is 5.63. The zero-order chi connectivity index (χ0) is 17.2. The van der Waals surface area contributed by atoms with Crippen LogP contribution < -0.4 is 0 Å². The number of alkyl halides is 4. The largest absolute Gasteiger partial charge is 0.416 e. The third-order valence-corrected chi connectivity index (χ3v) is 3.81. The summed E-state index contributed by atoms with van der Waals surface area (Å²) < 4.78 is 52.5. The summed E-state index contributed by atoms with van der Waals surface area (Å²) in [5, 5.41) is 4.52. The Hall–Kier alpha value is -1.92. The second kappa shape index (κ2) is 6.68. The summed E-state index contributed by atoms with van der Waals surface area (Å²) >= 11 is 0. The van der Waals surface area contributed by atoms with Gasteiger partial charge in [-0.2, -0.15) is 23.0 Å². The molecule has 0 spiro atoms. The fourth-order valence-electron chi connectivity index (χ4n) is 2.61. The van der Waals surface area contributed by atoms with Gasteiger partial charge in [-0.05, 0) is 31.4 Å². The van der Waals surface area contributed by atoms with Gasteiger partial charge in [-0.25, -0.2) is 0 Å². The molecule has 2 rings (SSSR count). The molecule has 126 valence electrons. The lowest BCUT2D eigenvalue weighted by molar-refractivity contribution is -0.137. The number of nitrogens with zero attached hydrogens (tertiary/aromatic N) is 2. The highest BCUT2D eigenvalue weighted by Crippen LogP contribution is 2.32. The highest BCUT2D eigenvalue weighted by atomic mass is 19.4. The minimum absolute atomic E-state index is 0.0726. The number of rotatable bonds is 5. The normalized spacial score (nSPS) is 13.5. The quantitative estimate of drug-likeness (QED) is 0.740. The van der Waals surface area contributed by atoms with Gasteiger partial charge in [0.25, 0.3) is 0 Å². The molecular weight excluding hydrogens is 312 g/mol. The molecule has 0 saturated carbocycles. The van der Waals surface area contributed by atoms with Crippen molar-refractivity contribution in [3.8, 4) is 0 Å². The molecule has 7 heteroatoms. The smallest absolute Gasteiger partial charge is 0.273 e. The van der Waals surface area contributed by atoms with Crippen molar-refractivity contribution in [2.24, 2.45) is 5.92 Å². The van der Waals surface area contributed by atoms with E-state index in [1.807, 2.05) is 6.92 Å². The lowest BCUT2D eigenvalue weighted by Gasteiger charge is -2.11. The topological polar surface area (TPSA) is 34.9 Å². The number of hydrogen-bond acceptors (Lipinski definition) is 2. The van der Waals surface area contributed by atoms with E-state index in [0.717, 1.165) is 23.2 Å². The van der Waals surface area contributed by atoms with Crippen LogP contribution in [0.1, 0.15) is 42.2 Å². The van der Waals surface area contributed by atoms with Crippen molar-refractivity contribution in [1.82, 2.24) is 9.78 Å². The minimum Gasteiger partial charge on any atom is -0.273 e. The molecule has 1 aromatic carbocycles. The van der Waals surface area contributed by atoms with Crippen molar-refractivity contribution < 1.29 is 22.4 Å². The number of fused-ring (bicyclic) bond motifs is 1. The fraction of sp³-hybridized carbons (Fsp3) is 0.500. The van der Waals surface area contributed by atoms with E-state index in [1.54, 1.807) is 6.92 Å². The van der Waals surface area contributed by atoms with Crippen molar-refractivity contribution in [3.63, 3.8) is 0 Å². The van der Waals surface area contributed by atoms with Crippen molar-refractivity contribution in [1.29, 1.82) is 0 Å². The Morgan fingerprint density at radius 3 is 2.61 bits per heavy atom. The average molecular weight is 330 g/mol. The Morgan fingerprint density at radius 1 is 1.35 bits per heavy atom. The van der Waals surface area contributed by atoms with Crippen molar-refractivity contribution >= 4 is 16.8 Å². The van der Waals surface area contributed by atoms with Crippen molar-refractivity contribution in [2.45, 2.75) is 39.3 Å². The molecule has 3 nitrogen and oxygen atoms in total. The van der Waals surface area contributed by atoms with E-state index in [0.29, 0.717) is 17.5 Å². The predicted molar refractivity (Wildman–Crippen MR) is 79.1 cm³/mol. The maximum atomic E-state index is 12.9. The number of carbonyl (C=O) groups excluding carboxylic acids is 1. The minimum atomic E-state index is -4.50. The number of halogens is 4. The maximum absolute atomic E-state index is 12.9. The number of benzene rings is 1. The van der Waals surface area contributed by atoms with Crippen LogP contribution in [0.2, 0.25) is 0 Å². The van der Waals surface area contributed by atoms with E-state index in [2.05, 4.69) is 5.10 Å². The molecular formula is C16H18F4N2O. The van der Waals surface area contributed by atoms with E-state index in [-0.39, 0.29) is 11.9 Å². The standard InChI is InChI=1S/C16H18F4N2O/c1-3-4-11(9-17)7-15(23)22-14-8-12(16(18,19)20)5-6-13(14)10(2)21-22/h5-6,8,11H,3-4,7,9H2,1-2H3. The van der Waals surface area contributed by atoms with Crippen LogP contribution in [-0.4, -0.2) is 22.4 Å². The molecule has 2 aromatic rings. The molecule has 0 aliphatic heterocycles. The van der Waals surface area contributed by atoms with E-state index in [4.69, 9.17) is 0 Å². The first-order valence-electron chi connectivity index (χ1n) is 7.43. The van der Waals surface area contributed by atoms with Crippen LogP contribution in [0.15, 0.2) is 18.2 Å². The zero-order valence-electron chi connectivity index (χ0n) is 13.0. The fourth-order valence-corrected chi connectivity index (χ4v) is 2.61. The van der Waals surface area contributed by atoms with Crippen molar-refractivity contribution in [2.75, 3.05) is 6.67 Å². The molecule has 0 aliphatic rings. The zero-order valence-corrected chi connectivity index (χ0v) is 13.0. The van der Waals surface area contributed by atoms with E-state index in [1.165, 1.54) is 6.07 Å². The van der Waals surface area contributed by atoms with E-state index < -0.39 is 30.2 Å². The van der Waals surface area contributed by atoms with Crippen molar-refractivity contribution in [3.05, 3.63) is 29.5 Å². The van der Waals surface area contributed by atoms with Gasteiger partial charge >= 0.3 is 6.18 Å². The van der Waals surface area contributed by atoms with Gasteiger partial charge in [-0.3, -0.25) is 9.18 Å². The van der Waals surface area contributed by atoms with Crippen LogP contribution >= 0.6 is 0 Å². The monoisotopic (exact) mass is 330 g/mol. The molecule has 0 fully saturated rings. The molecule has 0 amide bonds. The first-order valence-corrected chi connectivity index (χ1v) is 7.43. The highest BCUT2D eigenvalue weighted by molar-refractivity contribution is 5.92. The second-order valence-corrected chi connectivity index (χ2v) is 5.63. The van der Waals surface area contributed by atoms with Gasteiger partial charge < -0.3 is 0 Å². The molecule has 1 heterocycles. The van der Waals surface area contributed by atoms with Gasteiger partial charge in [0.1, 0.15) is 0 Å². The van der Waals surface area contributed by atoms with Gasteiger partial charge in [-0.1, -0.05) is 19.4 Å². The number of hydrogen-bond donors (Lipinski definition) is 0. The number of aromatic nitrogens is 2. The first kappa shape index (κ1) is 17.4. The highest BCUT2D eigenvalue weighted by Gasteiger charge is 2.31. The SMILES string of the molecule is CCCC(CF)CC(=O)n1nc(C)c2ccc(C(F)(F)F)cc21. The first-order chi connectivity index (χ1) is 10.8. The molecule has 1 aromatic heterocycles. The summed E-state index contributed by atoms with van der Waals surface area (Å²) in [6, 6.07) is 3.19. The summed E-state index contributed by atoms with van der Waals surface area (Å²) in [5.41, 5.74) is -0.264. The molecule has 0 radical (unpaired) electrons. The summed E-state index contributed by atoms with van der Waals surface area (Å²) in [5.74, 6) is -0.920. The van der Waals surface area contributed by atoms with Gasteiger partial charge in [0.15, 0.2) is 0 Å². The summed E-state index contributed by atoms with van der Waals surface area (Å²) in [6.45, 7) is 2.87. The van der Waals surface area contributed by atoms with Gasteiger partial charge in [0.05, 0.1) is 23.4 Å². The lowest BCUT2D eigenvalue weighted by Crippen LogP contribution is -2.18. The average Bonchev–Trinajstić information content (AvgIpc) is 2.82. The van der Waals surface area contributed by atoms with E-state index >= 15 is 0 Å². The Kier molecular flexibility index (Phi) is 5.06. The van der Waals surface area contributed by atoms with Crippen LogP contribution in [-0.2, 0) is 6.18 Å². The van der Waals surface area contributed by atoms with Crippen LogP contribution in [0, 0.1) is 12.8 Å². The van der Waals surface area contributed by atoms with Crippen LogP contribution in [0.25, 0.3) is 10.9 Å². The third kappa shape index (κ3) is 3.71. The third-order valence-electron chi connectivity index (χ3n) is 3.81. The van der Waals surface area contributed by atoms with Gasteiger partial charge in [0, 0.05) is 11.8 Å². The predicted octanol–water partition coefficient (Wildman–Crippen LogP) is 4.78. The Balaban J connectivity index is 2.41. The molecule has 0 aliphatic carbocycles. The van der Waals surface area contributed by atoms with Gasteiger partial charge in [-0.15, -0.1) is 0 Å². The molecule has 0 N–H and O–H groups in total. The van der Waals surface area contributed by atoms with E-state index in [9.17, 15) is 22.4 Å². The number of aryl methyl sites for hydroxylation is 1. The molecule has 0 bridgehead atoms. The Labute approximate surface area is 131 Å². The Morgan fingerprint density at radius 2 is 2.04 bits per heavy atom. The van der Waals surface area contributed by atoms with Crippen LogP contribution in [0.5, 0.6) is 0 Å². The summed E-state index contributed by atoms with van der Waals surface area (Å²) in [7, 11) is 0. The van der Waals surface area contributed by atoms with Crippen LogP contribution in [0.3, 0.4) is 0 Å². The molecule has 1 unspecified atom stereocenters. The summed E-state index contributed by atoms with van der Waals surface area (Å²) in [6.07, 6.45) is -3.28. The Bertz CT molecular complexity index is 706. The number of carbonyl (C=O) groups is 1. The van der Waals surface area contributed by atoms with Crippen LogP contribution in [0.4, 0.5) is 17.6 Å². The molecule has 0 saturated heterocycles.